The van der Waals surface area contributed by atoms with Gasteiger partial charge in [-0.2, -0.15) is 4.98 Å². The van der Waals surface area contributed by atoms with Crippen LogP contribution in [0, 0.1) is 0 Å². The summed E-state index contributed by atoms with van der Waals surface area (Å²) in [6.45, 7) is 0. The van der Waals surface area contributed by atoms with Crippen LogP contribution in [-0.2, 0) is 0 Å². The highest BCUT2D eigenvalue weighted by Gasteiger charge is 2.22. The summed E-state index contributed by atoms with van der Waals surface area (Å²) < 4.78 is 0. The van der Waals surface area contributed by atoms with E-state index in [1.165, 1.54) is 12.8 Å². The third-order valence-corrected chi connectivity index (χ3v) is 3.75. The minimum absolute atomic E-state index is 0.519. The van der Waals surface area contributed by atoms with E-state index in [9.17, 15) is 0 Å². The smallest absolute Gasteiger partial charge is 0.225 e. The summed E-state index contributed by atoms with van der Waals surface area (Å²) in [5, 5.41) is 6.75. The van der Waals surface area contributed by atoms with Gasteiger partial charge in [-0.25, -0.2) is 4.98 Å². The quantitative estimate of drug-likeness (QED) is 0.730. The molecule has 0 atom stereocenters. The van der Waals surface area contributed by atoms with Gasteiger partial charge in [0.05, 0.1) is 5.69 Å². The lowest BCUT2D eigenvalue weighted by Gasteiger charge is -2.11. The zero-order valence-electron chi connectivity index (χ0n) is 12.7. The molecule has 1 aliphatic rings. The maximum atomic E-state index is 4.66. The molecule has 1 aliphatic carbocycles. The molecule has 23 heavy (non-hydrogen) atoms. The van der Waals surface area contributed by atoms with E-state index in [0.29, 0.717) is 12.0 Å². The van der Waals surface area contributed by atoms with E-state index in [2.05, 4.69) is 32.7 Å². The molecule has 0 bridgehead atoms. The molecule has 0 aliphatic heterocycles. The van der Waals surface area contributed by atoms with Crippen LogP contribution in [0.25, 0.3) is 11.3 Å². The molecule has 3 aromatic rings. The maximum Gasteiger partial charge on any atom is 0.225 e. The first-order chi connectivity index (χ1) is 11.4. The van der Waals surface area contributed by atoms with E-state index in [1.807, 2.05) is 54.6 Å². The lowest BCUT2D eigenvalue weighted by atomic mass is 10.1. The first-order valence-corrected chi connectivity index (χ1v) is 7.90. The van der Waals surface area contributed by atoms with E-state index in [-0.39, 0.29) is 0 Å². The van der Waals surface area contributed by atoms with Gasteiger partial charge in [0.25, 0.3) is 0 Å². The van der Waals surface area contributed by atoms with Gasteiger partial charge in [-0.3, -0.25) is 0 Å². The Kier molecular flexibility index (Phi) is 3.64. The number of hydrogen-bond acceptors (Lipinski definition) is 4. The summed E-state index contributed by atoms with van der Waals surface area (Å²) in [5.74, 6) is 1.49. The Balaban J connectivity index is 1.69. The van der Waals surface area contributed by atoms with Crippen LogP contribution in [0.2, 0.25) is 0 Å². The number of rotatable bonds is 5. The molecular formula is C19H18N4. The third-order valence-electron chi connectivity index (χ3n) is 3.75. The highest BCUT2D eigenvalue weighted by atomic mass is 15.2. The normalized spacial score (nSPS) is 13.6. The highest BCUT2D eigenvalue weighted by molar-refractivity contribution is 5.67. The second kappa shape index (κ2) is 6.08. The summed E-state index contributed by atoms with van der Waals surface area (Å²) in [5.41, 5.74) is 3.02. The summed E-state index contributed by atoms with van der Waals surface area (Å²) >= 11 is 0. The van der Waals surface area contributed by atoms with Gasteiger partial charge in [-0.1, -0.05) is 48.5 Å². The van der Waals surface area contributed by atoms with Crippen LogP contribution in [0.1, 0.15) is 12.8 Å². The molecule has 4 heteroatoms. The minimum Gasteiger partial charge on any atom is -0.351 e. The van der Waals surface area contributed by atoms with Gasteiger partial charge < -0.3 is 10.6 Å². The van der Waals surface area contributed by atoms with Crippen molar-refractivity contribution < 1.29 is 0 Å². The first-order valence-electron chi connectivity index (χ1n) is 7.90. The SMILES string of the molecule is c1ccc(Nc2cc(-c3ccccc3)nc(NC3CC3)n2)cc1. The second-order valence-electron chi connectivity index (χ2n) is 5.74. The largest absolute Gasteiger partial charge is 0.351 e. The molecule has 4 nitrogen and oxygen atoms in total. The molecule has 0 amide bonds. The molecular weight excluding hydrogens is 284 g/mol. The summed E-state index contributed by atoms with van der Waals surface area (Å²) in [6, 6.07) is 22.8. The van der Waals surface area contributed by atoms with Crippen molar-refractivity contribution in [1.82, 2.24) is 9.97 Å². The fraction of sp³-hybridized carbons (Fsp3) is 0.158. The Morgan fingerprint density at radius 3 is 2.22 bits per heavy atom. The van der Waals surface area contributed by atoms with Crippen LogP contribution in [0.4, 0.5) is 17.5 Å². The van der Waals surface area contributed by atoms with Gasteiger partial charge in [0, 0.05) is 23.4 Å². The van der Waals surface area contributed by atoms with E-state index in [0.717, 1.165) is 22.8 Å². The fourth-order valence-electron chi connectivity index (χ4n) is 2.41. The number of para-hydroxylation sites is 1. The predicted octanol–water partition coefficient (Wildman–Crippen LogP) is 4.46. The molecule has 2 N–H and O–H groups in total. The maximum absolute atomic E-state index is 4.66. The van der Waals surface area contributed by atoms with E-state index >= 15 is 0 Å². The molecule has 1 saturated carbocycles. The average molecular weight is 302 g/mol. The molecule has 0 radical (unpaired) electrons. The summed E-state index contributed by atoms with van der Waals surface area (Å²) in [7, 11) is 0. The molecule has 2 aromatic carbocycles. The van der Waals surface area contributed by atoms with Crippen molar-refractivity contribution >= 4 is 17.5 Å². The van der Waals surface area contributed by atoms with Crippen LogP contribution in [0.5, 0.6) is 0 Å². The topological polar surface area (TPSA) is 49.8 Å². The Morgan fingerprint density at radius 2 is 1.52 bits per heavy atom. The van der Waals surface area contributed by atoms with Gasteiger partial charge >= 0.3 is 0 Å². The van der Waals surface area contributed by atoms with Crippen molar-refractivity contribution in [2.24, 2.45) is 0 Å². The molecule has 0 unspecified atom stereocenters. The number of benzene rings is 2. The minimum atomic E-state index is 0.519. The van der Waals surface area contributed by atoms with Crippen molar-refractivity contribution in [2.45, 2.75) is 18.9 Å². The molecule has 4 rings (SSSR count). The number of aromatic nitrogens is 2. The molecule has 1 aromatic heterocycles. The van der Waals surface area contributed by atoms with Crippen molar-refractivity contribution in [3.05, 3.63) is 66.7 Å². The molecule has 1 fully saturated rings. The van der Waals surface area contributed by atoms with Crippen LogP contribution >= 0.6 is 0 Å². The monoisotopic (exact) mass is 302 g/mol. The number of nitrogens with zero attached hydrogens (tertiary/aromatic N) is 2. The van der Waals surface area contributed by atoms with E-state index < -0.39 is 0 Å². The number of anilines is 3. The van der Waals surface area contributed by atoms with Crippen molar-refractivity contribution in [3.8, 4) is 11.3 Å². The second-order valence-corrected chi connectivity index (χ2v) is 5.74. The van der Waals surface area contributed by atoms with Crippen LogP contribution in [0.3, 0.4) is 0 Å². The molecule has 1 heterocycles. The molecule has 114 valence electrons. The Morgan fingerprint density at radius 1 is 0.826 bits per heavy atom. The number of hydrogen-bond donors (Lipinski definition) is 2. The fourth-order valence-corrected chi connectivity index (χ4v) is 2.41. The van der Waals surface area contributed by atoms with Crippen molar-refractivity contribution in [3.63, 3.8) is 0 Å². The van der Waals surface area contributed by atoms with Gasteiger partial charge in [-0.05, 0) is 25.0 Å². The van der Waals surface area contributed by atoms with Gasteiger partial charge in [-0.15, -0.1) is 0 Å². The molecule has 0 saturated heterocycles. The Labute approximate surface area is 135 Å². The third kappa shape index (κ3) is 3.48. The Hall–Kier alpha value is -2.88. The zero-order chi connectivity index (χ0) is 15.5. The van der Waals surface area contributed by atoms with Crippen molar-refractivity contribution in [2.75, 3.05) is 10.6 Å². The van der Waals surface area contributed by atoms with Gasteiger partial charge in [0.15, 0.2) is 0 Å². The molecule has 0 spiro atoms. The first kappa shape index (κ1) is 13.8. The van der Waals surface area contributed by atoms with Crippen LogP contribution in [-0.4, -0.2) is 16.0 Å². The summed E-state index contributed by atoms with van der Waals surface area (Å²) in [4.78, 5) is 9.26. The summed E-state index contributed by atoms with van der Waals surface area (Å²) in [6.07, 6.45) is 2.39. The van der Waals surface area contributed by atoms with E-state index in [1.54, 1.807) is 0 Å². The zero-order valence-corrected chi connectivity index (χ0v) is 12.7. The van der Waals surface area contributed by atoms with Crippen LogP contribution < -0.4 is 10.6 Å². The van der Waals surface area contributed by atoms with E-state index in [4.69, 9.17) is 0 Å². The lowest BCUT2D eigenvalue weighted by Crippen LogP contribution is -2.07. The van der Waals surface area contributed by atoms with Gasteiger partial charge in [0.2, 0.25) is 5.95 Å². The predicted molar refractivity (Wildman–Crippen MR) is 93.8 cm³/mol. The highest BCUT2D eigenvalue weighted by Crippen LogP contribution is 2.27. The number of nitrogens with one attached hydrogen (secondary N) is 2. The lowest BCUT2D eigenvalue weighted by molar-refractivity contribution is 1.06. The average Bonchev–Trinajstić information content (AvgIpc) is 3.40. The van der Waals surface area contributed by atoms with Gasteiger partial charge in [0.1, 0.15) is 5.82 Å². The standard InChI is InChI=1S/C19H18N4/c1-3-7-14(8-4-1)17-13-18(20-15-9-5-2-6-10-15)23-19(22-17)21-16-11-12-16/h1-10,13,16H,11-12H2,(H2,20,21,22,23). The van der Waals surface area contributed by atoms with Crippen LogP contribution in [0.15, 0.2) is 66.7 Å². The van der Waals surface area contributed by atoms with Crippen molar-refractivity contribution in [1.29, 1.82) is 0 Å². The Bertz CT molecular complexity index is 783.